The molecule has 1 N–H and O–H groups in total. The smallest absolute Gasteiger partial charge is 0.333 e. The Kier molecular flexibility index (Phi) is 8.17. The van der Waals surface area contributed by atoms with Crippen LogP contribution in [0.4, 0.5) is 8.78 Å². The lowest BCUT2D eigenvalue weighted by molar-refractivity contribution is -0.149. The SMILES string of the molecule is CCO[C@@H](Cc1ccc(OC/C=C(\C)C#CC2(F)C=CC=C(F)C2)cc1)C(=O)O. The van der Waals surface area contributed by atoms with Crippen molar-refractivity contribution in [3.63, 3.8) is 0 Å². The van der Waals surface area contributed by atoms with Crippen LogP contribution in [0.1, 0.15) is 25.8 Å². The number of benzene rings is 1. The number of carboxylic acid groups (broad SMARTS) is 1. The summed E-state index contributed by atoms with van der Waals surface area (Å²) in [4.78, 5) is 11.1. The maximum absolute atomic E-state index is 14.4. The molecule has 0 saturated heterocycles. The highest BCUT2D eigenvalue weighted by Gasteiger charge is 2.27. The van der Waals surface area contributed by atoms with Gasteiger partial charge in [-0.05, 0) is 55.3 Å². The fraction of sp³-hybridized carbons (Fsp3) is 0.348. The number of hydrogen-bond acceptors (Lipinski definition) is 3. The fourth-order valence-corrected chi connectivity index (χ4v) is 2.63. The van der Waals surface area contributed by atoms with Crippen LogP contribution in [0.25, 0.3) is 0 Å². The zero-order valence-electron chi connectivity index (χ0n) is 16.5. The minimum absolute atomic E-state index is 0.236. The van der Waals surface area contributed by atoms with Crippen molar-refractivity contribution < 1.29 is 28.2 Å². The molecule has 1 aliphatic carbocycles. The lowest BCUT2D eigenvalue weighted by atomic mass is 9.97. The summed E-state index contributed by atoms with van der Waals surface area (Å²) in [5.74, 6) is 4.23. The number of alkyl halides is 1. The zero-order chi connectivity index (χ0) is 21.3. The van der Waals surface area contributed by atoms with Gasteiger partial charge in [0.05, 0.1) is 0 Å². The zero-order valence-corrected chi connectivity index (χ0v) is 16.5. The highest BCUT2D eigenvalue weighted by Crippen LogP contribution is 2.27. The van der Waals surface area contributed by atoms with Gasteiger partial charge in [0.2, 0.25) is 0 Å². The Balaban J connectivity index is 1.87. The topological polar surface area (TPSA) is 55.8 Å². The van der Waals surface area contributed by atoms with Gasteiger partial charge in [-0.1, -0.05) is 30.0 Å². The van der Waals surface area contributed by atoms with Crippen molar-refractivity contribution in [2.45, 2.75) is 38.5 Å². The lowest BCUT2D eigenvalue weighted by Crippen LogP contribution is -2.26. The molecular formula is C23H24F2O4. The number of ether oxygens (including phenoxy) is 2. The fourth-order valence-electron chi connectivity index (χ4n) is 2.63. The predicted octanol–water partition coefficient (Wildman–Crippen LogP) is 4.57. The van der Waals surface area contributed by atoms with E-state index < -0.39 is 23.6 Å². The molecule has 0 heterocycles. The van der Waals surface area contributed by atoms with Crippen LogP contribution in [0.15, 0.2) is 60.0 Å². The van der Waals surface area contributed by atoms with Crippen LogP contribution in [0.3, 0.4) is 0 Å². The van der Waals surface area contributed by atoms with Crippen molar-refractivity contribution in [3.8, 4) is 17.6 Å². The molecule has 1 aliphatic rings. The van der Waals surface area contributed by atoms with Crippen LogP contribution in [-0.2, 0) is 16.0 Å². The molecule has 1 aromatic carbocycles. The van der Waals surface area contributed by atoms with Crippen LogP contribution in [0.5, 0.6) is 5.75 Å². The monoisotopic (exact) mass is 402 g/mol. The molecule has 4 nitrogen and oxygen atoms in total. The minimum atomic E-state index is -1.99. The molecule has 29 heavy (non-hydrogen) atoms. The van der Waals surface area contributed by atoms with Gasteiger partial charge in [-0.25, -0.2) is 13.6 Å². The van der Waals surface area contributed by atoms with Gasteiger partial charge in [0.25, 0.3) is 0 Å². The third-order valence-corrected chi connectivity index (χ3v) is 4.16. The largest absolute Gasteiger partial charge is 0.490 e. The van der Waals surface area contributed by atoms with Crippen molar-refractivity contribution in [3.05, 3.63) is 65.5 Å². The summed E-state index contributed by atoms with van der Waals surface area (Å²) in [6.07, 6.45) is 4.52. The van der Waals surface area contributed by atoms with Crippen molar-refractivity contribution in [2.24, 2.45) is 0 Å². The number of rotatable bonds is 8. The van der Waals surface area contributed by atoms with E-state index in [9.17, 15) is 13.6 Å². The molecule has 1 aromatic rings. The van der Waals surface area contributed by atoms with E-state index in [1.54, 1.807) is 44.2 Å². The highest BCUT2D eigenvalue weighted by molar-refractivity contribution is 5.72. The molecule has 0 spiro atoms. The maximum Gasteiger partial charge on any atom is 0.333 e. The molecule has 0 radical (unpaired) electrons. The van der Waals surface area contributed by atoms with Crippen molar-refractivity contribution >= 4 is 5.97 Å². The van der Waals surface area contributed by atoms with E-state index in [4.69, 9.17) is 14.6 Å². The quantitative estimate of drug-likeness (QED) is 0.648. The van der Waals surface area contributed by atoms with E-state index in [2.05, 4.69) is 11.8 Å². The van der Waals surface area contributed by atoms with Crippen molar-refractivity contribution in [1.82, 2.24) is 0 Å². The molecule has 0 aromatic heterocycles. The van der Waals surface area contributed by atoms with E-state index in [0.29, 0.717) is 17.9 Å². The van der Waals surface area contributed by atoms with Gasteiger partial charge in [0.15, 0.2) is 11.8 Å². The second-order valence-electron chi connectivity index (χ2n) is 6.59. The minimum Gasteiger partial charge on any atom is -0.490 e. The van der Waals surface area contributed by atoms with Crippen molar-refractivity contribution in [2.75, 3.05) is 13.2 Å². The normalized spacial score (nSPS) is 19.7. The second kappa shape index (κ2) is 10.6. The molecule has 6 heteroatoms. The van der Waals surface area contributed by atoms with Crippen LogP contribution in [0, 0.1) is 11.8 Å². The number of allylic oxidation sites excluding steroid dienone is 5. The van der Waals surface area contributed by atoms with Gasteiger partial charge in [0.1, 0.15) is 18.2 Å². The van der Waals surface area contributed by atoms with E-state index >= 15 is 0 Å². The Bertz CT molecular complexity index is 859. The van der Waals surface area contributed by atoms with E-state index in [1.165, 1.54) is 18.2 Å². The van der Waals surface area contributed by atoms with Gasteiger partial charge >= 0.3 is 5.97 Å². The number of carboxylic acids is 1. The first-order chi connectivity index (χ1) is 13.8. The molecule has 2 atom stereocenters. The Labute approximate surface area is 169 Å². The molecule has 0 aliphatic heterocycles. The summed E-state index contributed by atoms with van der Waals surface area (Å²) in [6.45, 7) is 4.04. The molecule has 0 amide bonds. The lowest BCUT2D eigenvalue weighted by Gasteiger charge is -2.16. The maximum atomic E-state index is 14.4. The number of halogens is 2. The van der Waals surface area contributed by atoms with Gasteiger partial charge in [-0.3, -0.25) is 0 Å². The van der Waals surface area contributed by atoms with Gasteiger partial charge in [-0.15, -0.1) is 0 Å². The summed E-state index contributed by atoms with van der Waals surface area (Å²) in [5, 5.41) is 9.13. The average Bonchev–Trinajstić information content (AvgIpc) is 2.67. The first-order valence-electron chi connectivity index (χ1n) is 9.30. The molecule has 1 unspecified atom stereocenters. The third kappa shape index (κ3) is 7.55. The summed E-state index contributed by atoms with van der Waals surface area (Å²) in [5.41, 5.74) is -0.547. The highest BCUT2D eigenvalue weighted by atomic mass is 19.1. The van der Waals surface area contributed by atoms with E-state index in [-0.39, 0.29) is 19.4 Å². The van der Waals surface area contributed by atoms with Crippen LogP contribution in [0.2, 0.25) is 0 Å². The first-order valence-corrected chi connectivity index (χ1v) is 9.30. The summed E-state index contributed by atoms with van der Waals surface area (Å²) < 4.78 is 38.4. The summed E-state index contributed by atoms with van der Waals surface area (Å²) in [7, 11) is 0. The Morgan fingerprint density at radius 1 is 1.38 bits per heavy atom. The standard InChI is InChI=1S/C23H24F2O4/c1-3-28-21(22(26)27)15-18-6-8-20(9-7-18)29-14-11-17(2)10-13-23(25)12-4-5-19(24)16-23/h4-9,11-12,21H,3,14-16H2,1-2H3,(H,26,27)/b17-11+/t21-,23?/m0/s1. The third-order valence-electron chi connectivity index (χ3n) is 4.16. The molecule has 0 saturated carbocycles. The van der Waals surface area contributed by atoms with Gasteiger partial charge in [0, 0.05) is 19.4 Å². The second-order valence-corrected chi connectivity index (χ2v) is 6.59. The molecule has 2 rings (SSSR count). The van der Waals surface area contributed by atoms with E-state index in [1.807, 2.05) is 0 Å². The van der Waals surface area contributed by atoms with Gasteiger partial charge in [-0.2, -0.15) is 0 Å². The van der Waals surface area contributed by atoms with Gasteiger partial charge < -0.3 is 14.6 Å². The number of aliphatic carboxylic acids is 1. The first kappa shape index (κ1) is 22.4. The summed E-state index contributed by atoms with van der Waals surface area (Å²) in [6, 6.07) is 7.05. The molecular weight excluding hydrogens is 378 g/mol. The summed E-state index contributed by atoms with van der Waals surface area (Å²) >= 11 is 0. The Hall–Kier alpha value is -2.91. The van der Waals surface area contributed by atoms with Crippen molar-refractivity contribution in [1.29, 1.82) is 0 Å². The number of carbonyl (C=O) groups is 1. The molecule has 154 valence electrons. The number of hydrogen-bond donors (Lipinski definition) is 1. The molecule has 0 bridgehead atoms. The van der Waals surface area contributed by atoms with Crippen LogP contribution >= 0.6 is 0 Å². The Morgan fingerprint density at radius 2 is 2.10 bits per heavy atom. The van der Waals surface area contributed by atoms with E-state index in [0.717, 1.165) is 5.56 Å². The van der Waals surface area contributed by atoms with Crippen LogP contribution < -0.4 is 4.74 Å². The average molecular weight is 402 g/mol. The predicted molar refractivity (Wildman–Crippen MR) is 107 cm³/mol. The molecule has 0 fully saturated rings. The van der Waals surface area contributed by atoms with Crippen LogP contribution in [-0.4, -0.2) is 36.1 Å². The Morgan fingerprint density at radius 3 is 2.72 bits per heavy atom.